The first kappa shape index (κ1) is 10.8. The van der Waals surface area contributed by atoms with E-state index in [4.69, 9.17) is 10.00 Å². The van der Waals surface area contributed by atoms with Crippen molar-refractivity contribution in [2.45, 2.75) is 61.0 Å². The van der Waals surface area contributed by atoms with Gasteiger partial charge >= 0.3 is 0 Å². The Labute approximate surface area is 111 Å². The van der Waals surface area contributed by atoms with E-state index in [1.54, 1.807) is 0 Å². The van der Waals surface area contributed by atoms with Gasteiger partial charge in [0.25, 0.3) is 0 Å². The van der Waals surface area contributed by atoms with Crippen molar-refractivity contribution in [3.8, 4) is 6.07 Å². The van der Waals surface area contributed by atoms with Gasteiger partial charge in [-0.2, -0.15) is 5.26 Å². The fourth-order valence-corrected chi connectivity index (χ4v) is 6.66. The van der Waals surface area contributed by atoms with E-state index in [0.29, 0.717) is 16.2 Å². The van der Waals surface area contributed by atoms with Gasteiger partial charge in [0, 0.05) is 10.7 Å². The summed E-state index contributed by atoms with van der Waals surface area (Å²) < 4.78 is 6.62. The minimum atomic E-state index is -0.491. The highest BCUT2D eigenvalue weighted by atomic mass is 79.9. The molecular weight excluding hydrogens is 278 g/mol. The van der Waals surface area contributed by atoms with E-state index in [1.807, 2.05) is 6.92 Å². The molecule has 0 aromatic rings. The number of nitriles is 1. The molecule has 1 spiro atoms. The van der Waals surface area contributed by atoms with Gasteiger partial charge in [0.2, 0.25) is 0 Å². The number of hydrogen-bond acceptors (Lipinski definition) is 2. The molecule has 1 aliphatic heterocycles. The molecule has 0 amide bonds. The summed E-state index contributed by atoms with van der Waals surface area (Å²) in [5.74, 6) is 2.32. The highest BCUT2D eigenvalue weighted by molar-refractivity contribution is 9.10. The smallest absolute Gasteiger partial charge is 0.155 e. The van der Waals surface area contributed by atoms with Crippen LogP contribution in [-0.4, -0.2) is 15.5 Å². The van der Waals surface area contributed by atoms with Crippen molar-refractivity contribution < 1.29 is 4.74 Å². The predicted molar refractivity (Wildman–Crippen MR) is 67.7 cm³/mol. The lowest BCUT2D eigenvalue weighted by atomic mass is 9.46. The van der Waals surface area contributed by atoms with Gasteiger partial charge in [0.1, 0.15) is 0 Å². The highest BCUT2D eigenvalue weighted by Crippen LogP contribution is 2.68. The fraction of sp³-hybridized carbons (Fsp3) is 0.929. The van der Waals surface area contributed by atoms with Crippen molar-refractivity contribution in [1.82, 2.24) is 0 Å². The maximum absolute atomic E-state index is 9.15. The number of rotatable bonds is 0. The zero-order valence-electron chi connectivity index (χ0n) is 10.2. The maximum Gasteiger partial charge on any atom is 0.155 e. The Morgan fingerprint density at radius 3 is 2.29 bits per heavy atom. The van der Waals surface area contributed by atoms with Crippen LogP contribution in [0.3, 0.4) is 0 Å². The second-order valence-corrected chi connectivity index (χ2v) is 8.75. The lowest BCUT2D eigenvalue weighted by Gasteiger charge is -2.69. The molecule has 17 heavy (non-hydrogen) atoms. The lowest BCUT2D eigenvalue weighted by molar-refractivity contribution is -0.322. The molecule has 0 aromatic carbocycles. The zero-order valence-corrected chi connectivity index (χ0v) is 11.8. The van der Waals surface area contributed by atoms with Crippen LogP contribution in [-0.2, 0) is 4.74 Å². The minimum Gasteiger partial charge on any atom is -0.353 e. The predicted octanol–water partition coefficient (Wildman–Crippen LogP) is 3.40. The van der Waals surface area contributed by atoms with Crippen molar-refractivity contribution in [2.75, 3.05) is 0 Å². The number of nitrogens with zero attached hydrogens (tertiary/aromatic N) is 1. The van der Waals surface area contributed by atoms with Crippen LogP contribution < -0.4 is 0 Å². The van der Waals surface area contributed by atoms with Crippen LogP contribution in [0.5, 0.6) is 0 Å². The lowest BCUT2D eigenvalue weighted by Crippen LogP contribution is -2.72. The van der Waals surface area contributed by atoms with Crippen LogP contribution in [0, 0.1) is 29.1 Å². The Hall–Kier alpha value is -0.0700. The third kappa shape index (κ3) is 1.24. The van der Waals surface area contributed by atoms with E-state index in [1.165, 1.54) is 32.1 Å². The average Bonchev–Trinajstić information content (AvgIpc) is 2.20. The quantitative estimate of drug-likeness (QED) is 0.642. The molecule has 5 aliphatic rings. The molecule has 3 heteroatoms. The Kier molecular flexibility index (Phi) is 1.85. The van der Waals surface area contributed by atoms with Gasteiger partial charge in [-0.1, -0.05) is 15.9 Å². The molecule has 0 aromatic heterocycles. The molecule has 1 heterocycles. The van der Waals surface area contributed by atoms with Crippen LogP contribution in [0.15, 0.2) is 0 Å². The van der Waals surface area contributed by atoms with E-state index in [-0.39, 0.29) is 5.60 Å². The molecule has 4 saturated carbocycles. The number of alkyl halides is 1. The topological polar surface area (TPSA) is 33.0 Å². The summed E-state index contributed by atoms with van der Waals surface area (Å²) in [6.07, 6.45) is 7.55. The van der Waals surface area contributed by atoms with Crippen LogP contribution in [0.1, 0.15) is 45.4 Å². The van der Waals surface area contributed by atoms with Crippen molar-refractivity contribution in [3.63, 3.8) is 0 Å². The average molecular weight is 296 g/mol. The zero-order chi connectivity index (χ0) is 11.9. The maximum atomic E-state index is 9.15. The molecule has 4 aliphatic carbocycles. The molecule has 4 bridgehead atoms. The Morgan fingerprint density at radius 1 is 1.24 bits per heavy atom. The first-order valence-electron chi connectivity index (χ1n) is 6.77. The molecular formula is C14H18BrNO. The van der Waals surface area contributed by atoms with E-state index in [0.717, 1.165) is 12.3 Å². The van der Waals surface area contributed by atoms with Crippen LogP contribution in [0.25, 0.3) is 0 Å². The second-order valence-electron chi connectivity index (χ2n) is 7.07. The summed E-state index contributed by atoms with van der Waals surface area (Å²) >= 11 is 3.99. The number of ether oxygens (including phenoxy) is 1. The largest absolute Gasteiger partial charge is 0.353 e. The SMILES string of the molecule is CC1(C#N)CC2(O1)[C@@H]1CC3C[C@H]2CC(Br)(C3)C1. The Morgan fingerprint density at radius 2 is 1.82 bits per heavy atom. The third-order valence-corrected chi connectivity index (χ3v) is 6.73. The van der Waals surface area contributed by atoms with Crippen molar-refractivity contribution in [3.05, 3.63) is 0 Å². The Balaban J connectivity index is 1.67. The van der Waals surface area contributed by atoms with Crippen LogP contribution in [0.4, 0.5) is 0 Å². The van der Waals surface area contributed by atoms with E-state index in [9.17, 15) is 0 Å². The molecule has 4 unspecified atom stereocenters. The standard InChI is InChI=1S/C14H18BrNO/c1-12(8-16)7-14(17-12)10-2-9-3-11(14)6-13(15,4-9)5-10/h9-11H,2-7H2,1H3/t9?,10-,11+,12?,13?,14?. The molecule has 1 saturated heterocycles. The Bertz CT molecular complexity index is 402. The third-order valence-electron chi connectivity index (χ3n) is 5.76. The van der Waals surface area contributed by atoms with Gasteiger partial charge in [-0.25, -0.2) is 0 Å². The monoisotopic (exact) mass is 295 g/mol. The van der Waals surface area contributed by atoms with Gasteiger partial charge in [-0.3, -0.25) is 0 Å². The summed E-state index contributed by atoms with van der Waals surface area (Å²) in [7, 11) is 0. The molecule has 2 nitrogen and oxygen atoms in total. The first-order valence-corrected chi connectivity index (χ1v) is 7.57. The van der Waals surface area contributed by atoms with Crippen molar-refractivity contribution in [1.29, 1.82) is 5.26 Å². The first-order chi connectivity index (χ1) is 7.97. The van der Waals surface area contributed by atoms with Gasteiger partial charge in [-0.05, 0) is 56.8 Å². The number of halogens is 1. The summed E-state index contributed by atoms with van der Waals surface area (Å²) in [5.41, 5.74) is -0.409. The van der Waals surface area contributed by atoms with E-state index >= 15 is 0 Å². The highest BCUT2D eigenvalue weighted by Gasteiger charge is 2.69. The summed E-state index contributed by atoms with van der Waals surface area (Å²) in [6.45, 7) is 1.95. The fourth-order valence-electron chi connectivity index (χ4n) is 5.42. The molecule has 5 rings (SSSR count). The normalized spacial score (nSPS) is 63.5. The second kappa shape index (κ2) is 2.91. The van der Waals surface area contributed by atoms with Gasteiger partial charge in [0.15, 0.2) is 5.60 Å². The summed E-state index contributed by atoms with van der Waals surface area (Å²) in [5, 5.41) is 9.15. The number of hydrogen-bond donors (Lipinski definition) is 0. The molecule has 6 atom stereocenters. The van der Waals surface area contributed by atoms with Crippen LogP contribution >= 0.6 is 15.9 Å². The van der Waals surface area contributed by atoms with Gasteiger partial charge < -0.3 is 4.74 Å². The minimum absolute atomic E-state index is 0.0820. The molecule has 5 fully saturated rings. The van der Waals surface area contributed by atoms with Crippen molar-refractivity contribution >= 4 is 15.9 Å². The van der Waals surface area contributed by atoms with Crippen molar-refractivity contribution in [2.24, 2.45) is 17.8 Å². The van der Waals surface area contributed by atoms with E-state index in [2.05, 4.69) is 22.0 Å². The van der Waals surface area contributed by atoms with Crippen LogP contribution in [0.2, 0.25) is 0 Å². The van der Waals surface area contributed by atoms with Gasteiger partial charge in [0.05, 0.1) is 11.7 Å². The van der Waals surface area contributed by atoms with E-state index < -0.39 is 5.60 Å². The summed E-state index contributed by atoms with van der Waals surface area (Å²) in [4.78, 5) is 0. The molecule has 0 N–H and O–H groups in total. The molecule has 92 valence electrons. The molecule has 0 radical (unpaired) electrons. The summed E-state index contributed by atoms with van der Waals surface area (Å²) in [6, 6.07) is 2.34. The van der Waals surface area contributed by atoms with Gasteiger partial charge in [-0.15, -0.1) is 0 Å².